The highest BCUT2D eigenvalue weighted by Gasteiger charge is 2.09. The Balaban J connectivity index is 1.36. The molecule has 26 heavy (non-hydrogen) atoms. The van der Waals surface area contributed by atoms with Crippen molar-refractivity contribution < 1.29 is 19.4 Å². The number of carboxylic acids is 1. The van der Waals surface area contributed by atoms with Gasteiger partial charge in [0.05, 0.1) is 24.4 Å². The Kier molecular flexibility index (Phi) is 6.17. The van der Waals surface area contributed by atoms with Gasteiger partial charge in [-0.2, -0.15) is 0 Å². The fourth-order valence-corrected chi connectivity index (χ4v) is 2.62. The van der Waals surface area contributed by atoms with E-state index in [1.54, 1.807) is 18.2 Å². The molecule has 3 rings (SSSR count). The fourth-order valence-electron chi connectivity index (χ4n) is 2.62. The van der Waals surface area contributed by atoms with Gasteiger partial charge in [-0.3, -0.25) is 4.98 Å². The highest BCUT2D eigenvalue weighted by molar-refractivity contribution is 5.90. The molecule has 0 amide bonds. The molecule has 0 fully saturated rings. The molecule has 3 aromatic rings. The van der Waals surface area contributed by atoms with Crippen LogP contribution < -0.4 is 4.74 Å². The van der Waals surface area contributed by atoms with Crippen LogP contribution in [0.5, 0.6) is 5.75 Å². The zero-order valence-electron chi connectivity index (χ0n) is 14.4. The summed E-state index contributed by atoms with van der Waals surface area (Å²) in [7, 11) is 0. The van der Waals surface area contributed by atoms with Crippen LogP contribution in [0.15, 0.2) is 60.7 Å². The predicted octanol–water partition coefficient (Wildman–Crippen LogP) is 4.31. The Labute approximate surface area is 152 Å². The molecule has 0 bridgehead atoms. The number of aromatic nitrogens is 1. The first kappa shape index (κ1) is 17.9. The molecular weight excluding hydrogens is 330 g/mol. The average molecular weight is 351 g/mol. The number of carbonyl (C=O) groups is 1. The second-order valence-electron chi connectivity index (χ2n) is 5.90. The summed E-state index contributed by atoms with van der Waals surface area (Å²) in [5.74, 6) is -0.576. The number of pyridine rings is 1. The average Bonchev–Trinajstić information content (AvgIpc) is 2.67. The molecular formula is C21H21NO4. The van der Waals surface area contributed by atoms with Gasteiger partial charge in [-0.05, 0) is 37.1 Å². The monoisotopic (exact) mass is 351 g/mol. The number of aromatic carboxylic acids is 1. The molecule has 0 aliphatic rings. The zero-order chi connectivity index (χ0) is 18.2. The zero-order valence-corrected chi connectivity index (χ0v) is 14.4. The van der Waals surface area contributed by atoms with E-state index in [9.17, 15) is 4.79 Å². The van der Waals surface area contributed by atoms with Gasteiger partial charge in [0.2, 0.25) is 0 Å². The predicted molar refractivity (Wildman–Crippen MR) is 99.5 cm³/mol. The van der Waals surface area contributed by atoms with Crippen molar-refractivity contribution in [2.45, 2.75) is 19.4 Å². The number of benzene rings is 2. The summed E-state index contributed by atoms with van der Waals surface area (Å²) in [6, 6.07) is 18.7. The molecule has 0 saturated carbocycles. The van der Waals surface area contributed by atoms with Crippen molar-refractivity contribution in [1.82, 2.24) is 4.98 Å². The maximum Gasteiger partial charge on any atom is 0.339 e. The lowest BCUT2D eigenvalue weighted by atomic mass is 10.2. The summed E-state index contributed by atoms with van der Waals surface area (Å²) in [5, 5.41) is 10.2. The smallest absolute Gasteiger partial charge is 0.339 e. The summed E-state index contributed by atoms with van der Waals surface area (Å²) in [5.41, 5.74) is 2.07. The van der Waals surface area contributed by atoms with Crippen LogP contribution in [-0.4, -0.2) is 29.3 Å². The molecule has 5 nitrogen and oxygen atoms in total. The van der Waals surface area contributed by atoms with Crippen LogP contribution in [0.2, 0.25) is 0 Å². The van der Waals surface area contributed by atoms with Crippen molar-refractivity contribution in [1.29, 1.82) is 0 Å². The van der Waals surface area contributed by atoms with Crippen molar-refractivity contribution in [2.75, 3.05) is 13.2 Å². The molecule has 134 valence electrons. The summed E-state index contributed by atoms with van der Waals surface area (Å²) in [6.07, 6.45) is 1.63. The van der Waals surface area contributed by atoms with Gasteiger partial charge in [-0.25, -0.2) is 4.79 Å². The minimum atomic E-state index is -0.980. The number of nitrogens with zero attached hydrogens (tertiary/aromatic N) is 1. The molecule has 1 heterocycles. The van der Waals surface area contributed by atoms with E-state index >= 15 is 0 Å². The van der Waals surface area contributed by atoms with Gasteiger partial charge in [0, 0.05) is 12.0 Å². The van der Waals surface area contributed by atoms with E-state index in [-0.39, 0.29) is 5.56 Å². The first-order valence-corrected chi connectivity index (χ1v) is 8.61. The second kappa shape index (κ2) is 8.97. The molecule has 0 aliphatic carbocycles. The molecule has 0 radical (unpaired) electrons. The van der Waals surface area contributed by atoms with Gasteiger partial charge < -0.3 is 14.6 Å². The molecule has 5 heteroatoms. The van der Waals surface area contributed by atoms with E-state index in [0.717, 1.165) is 29.4 Å². The Bertz CT molecular complexity index is 879. The number of hydrogen-bond donors (Lipinski definition) is 1. The van der Waals surface area contributed by atoms with Gasteiger partial charge in [0.25, 0.3) is 0 Å². The molecule has 1 aromatic heterocycles. The number of hydrogen-bond acceptors (Lipinski definition) is 4. The minimum Gasteiger partial charge on any atom is -0.493 e. The van der Waals surface area contributed by atoms with E-state index in [0.29, 0.717) is 25.6 Å². The molecule has 1 N–H and O–H groups in total. The van der Waals surface area contributed by atoms with Crippen LogP contribution in [0.1, 0.15) is 28.9 Å². The van der Waals surface area contributed by atoms with E-state index < -0.39 is 5.97 Å². The van der Waals surface area contributed by atoms with Crippen LogP contribution in [0.3, 0.4) is 0 Å². The van der Waals surface area contributed by atoms with Crippen molar-refractivity contribution in [3.8, 4) is 5.75 Å². The maximum absolute atomic E-state index is 11.1. The van der Waals surface area contributed by atoms with Crippen molar-refractivity contribution >= 4 is 16.9 Å². The van der Waals surface area contributed by atoms with Crippen LogP contribution in [-0.2, 0) is 11.3 Å². The molecule has 0 atom stereocenters. The number of fused-ring (bicyclic) bond motifs is 1. The Morgan fingerprint density at radius 1 is 0.923 bits per heavy atom. The van der Waals surface area contributed by atoms with Crippen molar-refractivity contribution in [3.05, 3.63) is 71.9 Å². The first-order chi connectivity index (χ1) is 12.7. The van der Waals surface area contributed by atoms with Gasteiger partial charge in [0.15, 0.2) is 0 Å². The Morgan fingerprint density at radius 2 is 1.69 bits per heavy atom. The van der Waals surface area contributed by atoms with Crippen molar-refractivity contribution in [2.24, 2.45) is 0 Å². The van der Waals surface area contributed by atoms with E-state index in [1.807, 2.05) is 30.3 Å². The fraction of sp³-hybridized carbons (Fsp3) is 0.238. The third kappa shape index (κ3) is 4.80. The quantitative estimate of drug-likeness (QED) is 0.582. The molecule has 0 unspecified atom stereocenters. The standard InChI is InChI=1S/C21H21NO4/c23-21(24)18-8-2-4-10-20(18)26-14-6-5-13-25-15-17-12-11-16-7-1-3-9-19(16)22-17/h1-4,7-12H,5-6,13-15H2,(H,23,24). The third-order valence-corrected chi connectivity index (χ3v) is 3.96. The lowest BCUT2D eigenvalue weighted by Crippen LogP contribution is -2.05. The number of unbranched alkanes of at least 4 members (excludes halogenated alkanes) is 1. The van der Waals surface area contributed by atoms with E-state index in [1.165, 1.54) is 6.07 Å². The number of ether oxygens (including phenoxy) is 2. The highest BCUT2D eigenvalue weighted by Crippen LogP contribution is 2.18. The SMILES string of the molecule is O=C(O)c1ccccc1OCCCCOCc1ccc2ccccc2n1. The lowest BCUT2D eigenvalue weighted by Gasteiger charge is -2.09. The van der Waals surface area contributed by atoms with Gasteiger partial charge in [-0.15, -0.1) is 0 Å². The van der Waals surface area contributed by atoms with Gasteiger partial charge in [0.1, 0.15) is 11.3 Å². The van der Waals surface area contributed by atoms with E-state index in [2.05, 4.69) is 11.1 Å². The maximum atomic E-state index is 11.1. The number of para-hydroxylation sites is 2. The first-order valence-electron chi connectivity index (χ1n) is 8.61. The second-order valence-corrected chi connectivity index (χ2v) is 5.90. The number of carboxylic acid groups (broad SMARTS) is 1. The summed E-state index contributed by atoms with van der Waals surface area (Å²) in [6.45, 7) is 1.55. The molecule has 0 aliphatic heterocycles. The minimum absolute atomic E-state index is 0.186. The van der Waals surface area contributed by atoms with Gasteiger partial charge in [-0.1, -0.05) is 36.4 Å². The molecule has 0 saturated heterocycles. The molecule has 2 aromatic carbocycles. The van der Waals surface area contributed by atoms with Gasteiger partial charge >= 0.3 is 5.97 Å². The topological polar surface area (TPSA) is 68.7 Å². The van der Waals surface area contributed by atoms with Crippen LogP contribution in [0.4, 0.5) is 0 Å². The van der Waals surface area contributed by atoms with Crippen LogP contribution in [0.25, 0.3) is 10.9 Å². The van der Waals surface area contributed by atoms with Crippen LogP contribution in [0, 0.1) is 0 Å². The summed E-state index contributed by atoms with van der Waals surface area (Å²) >= 11 is 0. The largest absolute Gasteiger partial charge is 0.493 e. The summed E-state index contributed by atoms with van der Waals surface area (Å²) < 4.78 is 11.2. The normalized spacial score (nSPS) is 10.8. The highest BCUT2D eigenvalue weighted by atomic mass is 16.5. The Hall–Kier alpha value is -2.92. The third-order valence-electron chi connectivity index (χ3n) is 3.96. The lowest BCUT2D eigenvalue weighted by molar-refractivity contribution is 0.0691. The molecule has 0 spiro atoms. The van der Waals surface area contributed by atoms with E-state index in [4.69, 9.17) is 14.6 Å². The van der Waals surface area contributed by atoms with Crippen LogP contribution >= 0.6 is 0 Å². The number of rotatable bonds is 9. The summed E-state index contributed by atoms with van der Waals surface area (Å²) in [4.78, 5) is 15.7. The Morgan fingerprint density at radius 3 is 2.58 bits per heavy atom. The van der Waals surface area contributed by atoms with Crippen molar-refractivity contribution in [3.63, 3.8) is 0 Å².